The van der Waals surface area contributed by atoms with Crippen LogP contribution < -0.4 is 4.74 Å². The van der Waals surface area contributed by atoms with Crippen molar-refractivity contribution in [1.82, 2.24) is 4.98 Å². The number of fused-ring (bicyclic) bond motifs is 1. The summed E-state index contributed by atoms with van der Waals surface area (Å²) < 4.78 is 50.9. The molecule has 35 heavy (non-hydrogen) atoms. The first-order valence-electron chi connectivity index (χ1n) is 10.8. The summed E-state index contributed by atoms with van der Waals surface area (Å²) >= 11 is 2.89. The Kier molecular flexibility index (Phi) is 7.44. The first-order valence-corrected chi connectivity index (χ1v) is 12.5. The number of alkyl halides is 3. The topological polar surface area (TPSA) is 68.7 Å². The van der Waals surface area contributed by atoms with Crippen LogP contribution in [0.2, 0.25) is 0 Å². The number of hydrogen-bond acceptors (Lipinski definition) is 6. The van der Waals surface area contributed by atoms with Crippen LogP contribution in [0.3, 0.4) is 0 Å². The Morgan fingerprint density at radius 1 is 1.14 bits per heavy atom. The number of hydrogen-bond donors (Lipinski definition) is 1. The molecule has 0 amide bonds. The van der Waals surface area contributed by atoms with Crippen LogP contribution in [-0.4, -0.2) is 28.8 Å². The first kappa shape index (κ1) is 25.2. The molecular formula is C25H22F3NO4S2. The number of carboxylic acids is 1. The van der Waals surface area contributed by atoms with Gasteiger partial charge in [0.2, 0.25) is 0 Å². The minimum atomic E-state index is -4.38. The number of halogens is 3. The molecule has 0 aliphatic rings. The fourth-order valence-corrected chi connectivity index (χ4v) is 5.55. The largest absolute Gasteiger partial charge is 0.487 e. The van der Waals surface area contributed by atoms with Gasteiger partial charge in [0.1, 0.15) is 17.4 Å². The van der Waals surface area contributed by atoms with E-state index in [-0.39, 0.29) is 13.0 Å². The van der Waals surface area contributed by atoms with Crippen LogP contribution in [0.4, 0.5) is 13.2 Å². The Balaban J connectivity index is 1.51. The number of carbonyl (C=O) groups is 1. The number of aryl methyl sites for hydroxylation is 1. The van der Waals surface area contributed by atoms with E-state index in [1.54, 1.807) is 6.92 Å². The molecule has 0 fully saturated rings. The molecule has 0 bridgehead atoms. The number of aromatic nitrogens is 1. The molecule has 2 heterocycles. The molecule has 0 radical (unpaired) electrons. The van der Waals surface area contributed by atoms with Gasteiger partial charge in [-0.3, -0.25) is 0 Å². The fraction of sp³-hybridized carbons (Fsp3) is 0.280. The van der Waals surface area contributed by atoms with Crippen molar-refractivity contribution in [3.63, 3.8) is 0 Å². The van der Waals surface area contributed by atoms with Gasteiger partial charge in [0.25, 0.3) is 0 Å². The van der Waals surface area contributed by atoms with Gasteiger partial charge in [0, 0.05) is 28.7 Å². The summed E-state index contributed by atoms with van der Waals surface area (Å²) in [5, 5.41) is 12.9. The number of benzene rings is 2. The van der Waals surface area contributed by atoms with E-state index in [0.717, 1.165) is 38.4 Å². The van der Waals surface area contributed by atoms with E-state index in [4.69, 9.17) is 9.47 Å². The maximum Gasteiger partial charge on any atom is 0.416 e. The number of ether oxygens (including phenoxy) is 2. The van der Waals surface area contributed by atoms with Gasteiger partial charge < -0.3 is 14.6 Å². The smallest absolute Gasteiger partial charge is 0.416 e. The lowest BCUT2D eigenvalue weighted by Crippen LogP contribution is -2.26. The predicted molar refractivity (Wildman–Crippen MR) is 130 cm³/mol. The van der Waals surface area contributed by atoms with Crippen LogP contribution >= 0.6 is 22.7 Å². The Bertz CT molecular complexity index is 1330. The third kappa shape index (κ3) is 5.66. The number of rotatable bonds is 9. The zero-order valence-electron chi connectivity index (χ0n) is 18.9. The van der Waals surface area contributed by atoms with Crippen molar-refractivity contribution < 1.29 is 32.5 Å². The van der Waals surface area contributed by atoms with Crippen molar-refractivity contribution in [3.8, 4) is 16.3 Å². The summed E-state index contributed by atoms with van der Waals surface area (Å²) in [6.07, 6.45) is -5.04. The molecule has 1 N–H and O–H groups in total. The van der Waals surface area contributed by atoms with Gasteiger partial charge in [-0.25, -0.2) is 9.78 Å². The molecule has 0 saturated carbocycles. The quantitative estimate of drug-likeness (QED) is 0.258. The van der Waals surface area contributed by atoms with E-state index in [2.05, 4.69) is 4.98 Å². The lowest BCUT2D eigenvalue weighted by atomic mass is 10.1. The van der Waals surface area contributed by atoms with Crippen molar-refractivity contribution >= 4 is 38.7 Å². The van der Waals surface area contributed by atoms with Gasteiger partial charge in [0.15, 0.2) is 6.10 Å². The van der Waals surface area contributed by atoms with Crippen LogP contribution in [0.25, 0.3) is 20.7 Å². The Hall–Kier alpha value is -2.95. The molecule has 4 rings (SSSR count). The third-order valence-electron chi connectivity index (χ3n) is 5.42. The van der Waals surface area contributed by atoms with E-state index in [1.807, 2.05) is 30.5 Å². The van der Waals surface area contributed by atoms with Gasteiger partial charge in [-0.05, 0) is 49.1 Å². The predicted octanol–water partition coefficient (Wildman–Crippen LogP) is 6.96. The van der Waals surface area contributed by atoms with Crippen molar-refractivity contribution in [2.45, 2.75) is 39.2 Å². The summed E-state index contributed by atoms with van der Waals surface area (Å²) in [6, 6.07) is 10.6. The molecule has 0 aliphatic carbocycles. The molecule has 0 saturated heterocycles. The fourth-order valence-electron chi connectivity index (χ4n) is 3.63. The number of thiophene rings is 1. The van der Waals surface area contributed by atoms with Crippen molar-refractivity contribution in [1.29, 1.82) is 0 Å². The summed E-state index contributed by atoms with van der Waals surface area (Å²) in [5.74, 6) is -0.335. The van der Waals surface area contributed by atoms with Crippen LogP contribution in [0.5, 0.6) is 5.75 Å². The molecule has 5 nitrogen and oxygen atoms in total. The van der Waals surface area contributed by atoms with Crippen molar-refractivity contribution in [2.24, 2.45) is 0 Å². The van der Waals surface area contributed by atoms with Gasteiger partial charge in [-0.1, -0.05) is 18.2 Å². The zero-order valence-corrected chi connectivity index (χ0v) is 20.5. The van der Waals surface area contributed by atoms with E-state index in [9.17, 15) is 23.1 Å². The summed E-state index contributed by atoms with van der Waals surface area (Å²) in [7, 11) is 0. The van der Waals surface area contributed by atoms with E-state index < -0.39 is 23.8 Å². The maximum atomic E-state index is 12.8. The normalized spacial score (nSPS) is 12.7. The molecule has 0 spiro atoms. The SMILES string of the molecule is CCOC(Cc1ccc(OCc2sc(-c3ccc(C(F)(F)F)cc3)nc2C)c2ccsc12)C(=O)O. The average Bonchev–Trinajstić information content (AvgIpc) is 3.45. The average molecular weight is 522 g/mol. The molecular weight excluding hydrogens is 499 g/mol. The maximum absolute atomic E-state index is 12.8. The number of nitrogens with zero attached hydrogens (tertiary/aromatic N) is 1. The highest BCUT2D eigenvalue weighted by Gasteiger charge is 2.30. The highest BCUT2D eigenvalue weighted by molar-refractivity contribution is 7.17. The zero-order chi connectivity index (χ0) is 25.2. The number of aliphatic carboxylic acids is 1. The van der Waals surface area contributed by atoms with E-state index >= 15 is 0 Å². The lowest BCUT2D eigenvalue weighted by molar-refractivity contribution is -0.150. The monoisotopic (exact) mass is 521 g/mol. The molecule has 1 atom stereocenters. The first-order chi connectivity index (χ1) is 16.7. The summed E-state index contributed by atoms with van der Waals surface area (Å²) in [5.41, 5.74) is 1.55. The van der Waals surface area contributed by atoms with E-state index in [1.165, 1.54) is 34.8 Å². The standard InChI is InChI=1S/C25H22F3NO4S2/c1-3-32-20(24(30)31)12-16-6-9-19(18-10-11-34-22(16)18)33-13-21-14(2)29-23(35-21)15-4-7-17(8-5-15)25(26,27)28/h4-11,20H,3,12-13H2,1-2H3,(H,30,31). The molecule has 2 aromatic carbocycles. The molecule has 4 aromatic rings. The lowest BCUT2D eigenvalue weighted by Gasteiger charge is -2.14. The second-order valence-electron chi connectivity index (χ2n) is 7.76. The Labute approximate surface area is 207 Å². The van der Waals surface area contributed by atoms with Crippen LogP contribution in [0.15, 0.2) is 47.8 Å². The molecule has 0 aliphatic heterocycles. The van der Waals surface area contributed by atoms with Crippen LogP contribution in [0.1, 0.15) is 28.6 Å². The number of carboxylic acid groups (broad SMARTS) is 1. The van der Waals surface area contributed by atoms with Gasteiger partial charge in [-0.15, -0.1) is 22.7 Å². The molecule has 2 aromatic heterocycles. The Morgan fingerprint density at radius 2 is 1.89 bits per heavy atom. The number of thiazole rings is 1. The van der Waals surface area contributed by atoms with Gasteiger partial charge in [0.05, 0.1) is 16.1 Å². The van der Waals surface area contributed by atoms with Gasteiger partial charge in [-0.2, -0.15) is 13.2 Å². The second-order valence-corrected chi connectivity index (χ2v) is 9.76. The Morgan fingerprint density at radius 3 is 2.54 bits per heavy atom. The van der Waals surface area contributed by atoms with Crippen LogP contribution in [0, 0.1) is 6.92 Å². The van der Waals surface area contributed by atoms with Crippen molar-refractivity contribution in [3.05, 3.63) is 69.5 Å². The van der Waals surface area contributed by atoms with Gasteiger partial charge >= 0.3 is 12.1 Å². The molecule has 184 valence electrons. The third-order valence-corrected chi connectivity index (χ3v) is 7.59. The second kappa shape index (κ2) is 10.3. The highest BCUT2D eigenvalue weighted by Crippen LogP contribution is 2.36. The molecule has 10 heteroatoms. The van der Waals surface area contributed by atoms with Crippen molar-refractivity contribution in [2.75, 3.05) is 6.61 Å². The highest BCUT2D eigenvalue weighted by atomic mass is 32.1. The summed E-state index contributed by atoms with van der Waals surface area (Å²) in [6.45, 7) is 4.17. The summed E-state index contributed by atoms with van der Waals surface area (Å²) in [4.78, 5) is 16.9. The molecule has 1 unspecified atom stereocenters. The minimum Gasteiger partial charge on any atom is -0.487 e. The van der Waals surface area contributed by atoms with E-state index in [0.29, 0.717) is 22.9 Å². The minimum absolute atomic E-state index is 0.255. The van der Waals surface area contributed by atoms with Crippen LogP contribution in [-0.2, 0) is 28.7 Å².